The van der Waals surface area contributed by atoms with Crippen molar-refractivity contribution in [3.63, 3.8) is 0 Å². The van der Waals surface area contributed by atoms with Crippen LogP contribution in [0.5, 0.6) is 0 Å². The molecule has 0 saturated heterocycles. The van der Waals surface area contributed by atoms with Crippen LogP contribution in [0.25, 0.3) is 0 Å². The topological polar surface area (TPSA) is 65.2 Å². The molecule has 1 atom stereocenters. The molecule has 2 aliphatic rings. The van der Waals surface area contributed by atoms with E-state index in [-0.39, 0.29) is 11.7 Å². The van der Waals surface area contributed by atoms with Crippen LogP contribution in [0.4, 0.5) is 0 Å². The van der Waals surface area contributed by atoms with Gasteiger partial charge in [0.25, 0.3) is 0 Å². The summed E-state index contributed by atoms with van der Waals surface area (Å²) < 4.78 is 11.2. The highest BCUT2D eigenvalue weighted by Gasteiger charge is 2.39. The average molecular weight is 278 g/mol. The minimum atomic E-state index is -0.417. The second kappa shape index (κ2) is 5.64. The fourth-order valence-electron chi connectivity index (χ4n) is 3.46. The minimum absolute atomic E-state index is 0.184. The maximum absolute atomic E-state index is 11.8. The van der Waals surface area contributed by atoms with Gasteiger partial charge in [-0.1, -0.05) is 30.8 Å². The van der Waals surface area contributed by atoms with Gasteiger partial charge >= 0.3 is 0 Å². The average Bonchev–Trinajstić information content (AvgIpc) is 3.03. The maximum Gasteiger partial charge on any atom is 0.237 e. The summed E-state index contributed by atoms with van der Waals surface area (Å²) in [6.07, 6.45) is 8.98. The standard InChI is InChI=1S/C15H22N2O3/c1-19-15(9-4-2-3-5-10-15)14-16-13(20-17-14)11-7-6-8-12(11)18/h11H,2-10H2,1H3. The Morgan fingerprint density at radius 1 is 1.20 bits per heavy atom. The summed E-state index contributed by atoms with van der Waals surface area (Å²) in [7, 11) is 1.72. The smallest absolute Gasteiger partial charge is 0.237 e. The molecule has 0 amide bonds. The lowest BCUT2D eigenvalue weighted by molar-refractivity contribution is -0.119. The Labute approximate surface area is 119 Å². The number of carbonyl (C=O) groups excluding carboxylic acids is 1. The fraction of sp³-hybridized carbons (Fsp3) is 0.800. The van der Waals surface area contributed by atoms with E-state index in [0.29, 0.717) is 18.1 Å². The summed E-state index contributed by atoms with van der Waals surface area (Å²) in [5.74, 6) is 1.17. The molecule has 0 spiro atoms. The summed E-state index contributed by atoms with van der Waals surface area (Å²) in [4.78, 5) is 16.3. The van der Waals surface area contributed by atoms with E-state index >= 15 is 0 Å². The van der Waals surface area contributed by atoms with Gasteiger partial charge in [-0.05, 0) is 25.7 Å². The van der Waals surface area contributed by atoms with Gasteiger partial charge in [-0.25, -0.2) is 0 Å². The van der Waals surface area contributed by atoms with Crippen molar-refractivity contribution in [3.8, 4) is 0 Å². The number of hydrogen-bond acceptors (Lipinski definition) is 5. The number of nitrogens with zero attached hydrogens (tertiary/aromatic N) is 2. The summed E-state index contributed by atoms with van der Waals surface area (Å²) in [6.45, 7) is 0. The molecule has 1 unspecified atom stereocenters. The van der Waals surface area contributed by atoms with Gasteiger partial charge in [-0.2, -0.15) is 4.98 Å². The number of methoxy groups -OCH3 is 1. The quantitative estimate of drug-likeness (QED) is 0.795. The van der Waals surface area contributed by atoms with Crippen LogP contribution in [0.3, 0.4) is 0 Å². The molecule has 2 aliphatic carbocycles. The van der Waals surface area contributed by atoms with E-state index in [9.17, 15) is 4.79 Å². The molecule has 110 valence electrons. The number of ketones is 1. The third kappa shape index (κ3) is 2.39. The summed E-state index contributed by atoms with van der Waals surface area (Å²) in [5, 5.41) is 4.14. The lowest BCUT2D eigenvalue weighted by Crippen LogP contribution is -2.29. The molecule has 0 N–H and O–H groups in total. The zero-order valence-electron chi connectivity index (χ0n) is 12.1. The Morgan fingerprint density at radius 3 is 2.55 bits per heavy atom. The number of Topliss-reactive ketones (excluding diaryl/α,β-unsaturated/α-hetero) is 1. The minimum Gasteiger partial charge on any atom is -0.370 e. The van der Waals surface area contributed by atoms with Gasteiger partial charge in [-0.15, -0.1) is 0 Å². The molecule has 1 aromatic rings. The van der Waals surface area contributed by atoms with Crippen LogP contribution in [-0.4, -0.2) is 23.0 Å². The van der Waals surface area contributed by atoms with Crippen LogP contribution in [0.15, 0.2) is 4.52 Å². The molecule has 5 heteroatoms. The molecule has 2 fully saturated rings. The second-order valence-corrected chi connectivity index (χ2v) is 5.98. The fourth-order valence-corrected chi connectivity index (χ4v) is 3.46. The first-order valence-corrected chi connectivity index (χ1v) is 7.67. The van der Waals surface area contributed by atoms with Crippen molar-refractivity contribution < 1.29 is 14.1 Å². The van der Waals surface area contributed by atoms with Crippen LogP contribution < -0.4 is 0 Å². The van der Waals surface area contributed by atoms with E-state index in [1.54, 1.807) is 7.11 Å². The molecule has 1 aromatic heterocycles. The molecule has 0 aliphatic heterocycles. The molecule has 1 heterocycles. The number of rotatable bonds is 3. The largest absolute Gasteiger partial charge is 0.370 e. The van der Waals surface area contributed by atoms with E-state index in [2.05, 4.69) is 10.1 Å². The molecular weight excluding hydrogens is 256 g/mol. The first-order valence-electron chi connectivity index (χ1n) is 7.67. The van der Waals surface area contributed by atoms with Gasteiger partial charge < -0.3 is 9.26 Å². The first-order chi connectivity index (χ1) is 9.75. The highest BCUT2D eigenvalue weighted by atomic mass is 16.5. The van der Waals surface area contributed by atoms with Gasteiger partial charge in [0.1, 0.15) is 11.4 Å². The molecule has 0 radical (unpaired) electrons. The van der Waals surface area contributed by atoms with Crippen molar-refractivity contribution in [2.45, 2.75) is 69.3 Å². The number of ether oxygens (including phenoxy) is 1. The van der Waals surface area contributed by atoms with Crippen molar-refractivity contribution in [2.24, 2.45) is 0 Å². The molecular formula is C15H22N2O3. The van der Waals surface area contributed by atoms with E-state index in [4.69, 9.17) is 9.26 Å². The predicted molar refractivity (Wildman–Crippen MR) is 72.3 cm³/mol. The second-order valence-electron chi connectivity index (χ2n) is 5.98. The Bertz CT molecular complexity index is 475. The molecule has 0 bridgehead atoms. The Balaban J connectivity index is 1.85. The van der Waals surface area contributed by atoms with Crippen molar-refractivity contribution in [1.82, 2.24) is 10.1 Å². The van der Waals surface area contributed by atoms with Crippen LogP contribution in [-0.2, 0) is 15.1 Å². The summed E-state index contributed by atoms with van der Waals surface area (Å²) in [5.41, 5.74) is -0.417. The van der Waals surface area contributed by atoms with Crippen LogP contribution >= 0.6 is 0 Å². The van der Waals surface area contributed by atoms with E-state index in [0.717, 1.165) is 38.5 Å². The van der Waals surface area contributed by atoms with Gasteiger partial charge in [0.05, 0.1) is 5.92 Å². The van der Waals surface area contributed by atoms with Crippen molar-refractivity contribution in [3.05, 3.63) is 11.7 Å². The van der Waals surface area contributed by atoms with E-state index in [1.165, 1.54) is 12.8 Å². The predicted octanol–water partition coefficient (Wildman–Crippen LogP) is 3.10. The Morgan fingerprint density at radius 2 is 1.95 bits per heavy atom. The Kier molecular flexibility index (Phi) is 3.87. The third-order valence-electron chi connectivity index (χ3n) is 4.75. The number of hydrogen-bond donors (Lipinski definition) is 0. The van der Waals surface area contributed by atoms with Crippen molar-refractivity contribution >= 4 is 5.78 Å². The van der Waals surface area contributed by atoms with Gasteiger partial charge in [0, 0.05) is 13.5 Å². The van der Waals surface area contributed by atoms with E-state index in [1.807, 2.05) is 0 Å². The van der Waals surface area contributed by atoms with Gasteiger partial charge in [0.2, 0.25) is 11.7 Å². The monoisotopic (exact) mass is 278 g/mol. The molecule has 5 nitrogen and oxygen atoms in total. The van der Waals surface area contributed by atoms with Gasteiger partial charge in [-0.3, -0.25) is 4.79 Å². The zero-order valence-corrected chi connectivity index (χ0v) is 12.1. The summed E-state index contributed by atoms with van der Waals surface area (Å²) in [6, 6.07) is 0. The lowest BCUT2D eigenvalue weighted by Gasteiger charge is -2.27. The third-order valence-corrected chi connectivity index (χ3v) is 4.75. The van der Waals surface area contributed by atoms with Crippen molar-refractivity contribution in [1.29, 1.82) is 0 Å². The Hall–Kier alpha value is -1.23. The van der Waals surface area contributed by atoms with Gasteiger partial charge in [0.15, 0.2) is 0 Å². The maximum atomic E-state index is 11.8. The highest BCUT2D eigenvalue weighted by Crippen LogP contribution is 2.38. The van der Waals surface area contributed by atoms with E-state index < -0.39 is 5.60 Å². The SMILES string of the molecule is COC1(c2noc(C3CCCC3=O)n2)CCCCCC1. The highest BCUT2D eigenvalue weighted by molar-refractivity contribution is 5.86. The number of aromatic nitrogens is 2. The first kappa shape index (κ1) is 13.7. The molecule has 0 aromatic carbocycles. The normalized spacial score (nSPS) is 26.6. The van der Waals surface area contributed by atoms with Crippen LogP contribution in [0, 0.1) is 0 Å². The molecule has 20 heavy (non-hydrogen) atoms. The zero-order chi connectivity index (χ0) is 14.0. The van der Waals surface area contributed by atoms with Crippen LogP contribution in [0.1, 0.15) is 75.4 Å². The van der Waals surface area contributed by atoms with Crippen LogP contribution in [0.2, 0.25) is 0 Å². The van der Waals surface area contributed by atoms with Crippen molar-refractivity contribution in [2.75, 3.05) is 7.11 Å². The lowest BCUT2D eigenvalue weighted by atomic mass is 9.93. The molecule has 3 rings (SSSR count). The molecule has 2 saturated carbocycles. The number of carbonyl (C=O) groups is 1. The summed E-state index contributed by atoms with van der Waals surface area (Å²) >= 11 is 0.